The summed E-state index contributed by atoms with van der Waals surface area (Å²) in [6.45, 7) is 5.21. The van der Waals surface area contributed by atoms with Crippen molar-refractivity contribution in [2.45, 2.75) is 26.3 Å². The Morgan fingerprint density at radius 3 is 2.19 bits per heavy atom. The number of carbonyl (C=O) groups is 1. The maximum Gasteiger partial charge on any atom is 0.331 e. The number of rotatable bonds is 1. The fourth-order valence-electron chi connectivity index (χ4n) is 1.48. The van der Waals surface area contributed by atoms with E-state index in [2.05, 4.69) is 0 Å². The van der Waals surface area contributed by atoms with Gasteiger partial charge in [-0.15, -0.1) is 0 Å². The van der Waals surface area contributed by atoms with E-state index in [9.17, 15) is 14.4 Å². The molecular weight excluding hydrogens is 210 g/mol. The standard InChI is InChI=1S/C10H15N3O3/c1-10(2,3)13-7(14)5-6(8(11)15)12(4)9(13)16/h5H,1-4H3,(H2,11,15). The van der Waals surface area contributed by atoms with Gasteiger partial charge in [-0.25, -0.2) is 4.79 Å². The average molecular weight is 225 g/mol. The van der Waals surface area contributed by atoms with Crippen LogP contribution in [0.25, 0.3) is 0 Å². The van der Waals surface area contributed by atoms with E-state index in [1.807, 2.05) is 0 Å². The molecule has 1 aromatic rings. The minimum Gasteiger partial charge on any atom is -0.364 e. The molecule has 0 unspecified atom stereocenters. The van der Waals surface area contributed by atoms with Crippen molar-refractivity contribution in [2.24, 2.45) is 12.8 Å². The van der Waals surface area contributed by atoms with Gasteiger partial charge in [-0.2, -0.15) is 0 Å². The van der Waals surface area contributed by atoms with Crippen LogP contribution in [0.3, 0.4) is 0 Å². The van der Waals surface area contributed by atoms with Crippen molar-refractivity contribution in [1.29, 1.82) is 0 Å². The summed E-state index contributed by atoms with van der Waals surface area (Å²) in [4.78, 5) is 34.6. The van der Waals surface area contributed by atoms with Crippen molar-refractivity contribution in [3.05, 3.63) is 32.6 Å². The molecule has 2 N–H and O–H groups in total. The second kappa shape index (κ2) is 3.62. The molecule has 0 aromatic carbocycles. The van der Waals surface area contributed by atoms with Crippen LogP contribution in [0, 0.1) is 0 Å². The van der Waals surface area contributed by atoms with Crippen molar-refractivity contribution < 1.29 is 4.79 Å². The molecule has 1 aromatic heterocycles. The number of amides is 1. The first-order valence-electron chi connectivity index (χ1n) is 4.79. The van der Waals surface area contributed by atoms with Crippen LogP contribution in [0.15, 0.2) is 15.7 Å². The highest BCUT2D eigenvalue weighted by Gasteiger charge is 2.21. The quantitative estimate of drug-likeness (QED) is 0.692. The minimum absolute atomic E-state index is 0.0875. The van der Waals surface area contributed by atoms with E-state index < -0.39 is 22.7 Å². The third-order valence-electron chi connectivity index (χ3n) is 2.24. The van der Waals surface area contributed by atoms with E-state index in [1.54, 1.807) is 20.8 Å². The molecule has 0 aliphatic rings. The summed E-state index contributed by atoms with van der Waals surface area (Å²) in [6, 6.07) is 1.08. The van der Waals surface area contributed by atoms with Crippen molar-refractivity contribution in [2.75, 3.05) is 0 Å². The van der Waals surface area contributed by atoms with Crippen molar-refractivity contribution in [1.82, 2.24) is 9.13 Å². The van der Waals surface area contributed by atoms with Gasteiger partial charge in [-0.05, 0) is 20.8 Å². The van der Waals surface area contributed by atoms with Gasteiger partial charge in [-0.1, -0.05) is 0 Å². The lowest BCUT2D eigenvalue weighted by Crippen LogP contribution is -2.48. The van der Waals surface area contributed by atoms with Crippen LogP contribution in [0.1, 0.15) is 31.3 Å². The molecule has 0 atom stereocenters. The smallest absolute Gasteiger partial charge is 0.331 e. The highest BCUT2D eigenvalue weighted by atomic mass is 16.2. The summed E-state index contributed by atoms with van der Waals surface area (Å²) in [5, 5.41) is 0. The van der Waals surface area contributed by atoms with E-state index in [4.69, 9.17) is 5.73 Å². The lowest BCUT2D eigenvalue weighted by atomic mass is 10.1. The van der Waals surface area contributed by atoms with E-state index in [0.29, 0.717) is 0 Å². The summed E-state index contributed by atoms with van der Waals surface area (Å²) in [5.41, 5.74) is 3.27. The lowest BCUT2D eigenvalue weighted by Gasteiger charge is -2.22. The topological polar surface area (TPSA) is 87.1 Å². The van der Waals surface area contributed by atoms with Crippen LogP contribution < -0.4 is 17.0 Å². The molecule has 0 saturated carbocycles. The molecule has 0 saturated heterocycles. The number of nitrogens with two attached hydrogens (primary N) is 1. The van der Waals surface area contributed by atoms with Crippen molar-refractivity contribution >= 4 is 5.91 Å². The molecule has 0 aliphatic carbocycles. The van der Waals surface area contributed by atoms with Crippen molar-refractivity contribution in [3.63, 3.8) is 0 Å². The summed E-state index contributed by atoms with van der Waals surface area (Å²) in [7, 11) is 1.41. The van der Waals surface area contributed by atoms with Gasteiger partial charge < -0.3 is 5.73 Å². The zero-order chi connectivity index (χ0) is 12.7. The first kappa shape index (κ1) is 12.2. The average Bonchev–Trinajstić information content (AvgIpc) is 2.08. The molecule has 1 amide bonds. The van der Waals surface area contributed by atoms with Crippen LogP contribution >= 0.6 is 0 Å². The lowest BCUT2D eigenvalue weighted by molar-refractivity contribution is 0.0989. The minimum atomic E-state index is -0.794. The zero-order valence-corrected chi connectivity index (χ0v) is 9.77. The SMILES string of the molecule is Cn1c(C(N)=O)cc(=O)n(C(C)(C)C)c1=O. The molecule has 0 aliphatic heterocycles. The number of primary amides is 1. The molecule has 1 heterocycles. The van der Waals surface area contributed by atoms with Crippen molar-refractivity contribution in [3.8, 4) is 0 Å². The molecule has 0 radical (unpaired) electrons. The molecule has 0 bridgehead atoms. The summed E-state index contributed by atoms with van der Waals surface area (Å²) >= 11 is 0. The van der Waals surface area contributed by atoms with Gasteiger partial charge in [0.05, 0.1) is 0 Å². The number of aromatic nitrogens is 2. The maximum absolute atomic E-state index is 11.9. The van der Waals surface area contributed by atoms with Crippen LogP contribution in [-0.4, -0.2) is 15.0 Å². The predicted molar refractivity (Wildman–Crippen MR) is 59.5 cm³/mol. The first-order chi connectivity index (χ1) is 7.16. The zero-order valence-electron chi connectivity index (χ0n) is 9.77. The fourth-order valence-corrected chi connectivity index (χ4v) is 1.48. The molecule has 0 fully saturated rings. The Kier molecular flexibility index (Phi) is 2.77. The fraction of sp³-hybridized carbons (Fsp3) is 0.500. The Bertz CT molecular complexity index is 546. The van der Waals surface area contributed by atoms with Crippen LogP contribution in [-0.2, 0) is 12.6 Å². The van der Waals surface area contributed by atoms with Crippen LogP contribution in [0.5, 0.6) is 0 Å². The van der Waals surface area contributed by atoms with Gasteiger partial charge in [-0.3, -0.25) is 18.7 Å². The number of nitrogens with zero attached hydrogens (tertiary/aromatic N) is 2. The Morgan fingerprint density at radius 1 is 1.31 bits per heavy atom. The molecule has 88 valence electrons. The molecule has 6 nitrogen and oxygen atoms in total. The van der Waals surface area contributed by atoms with Gasteiger partial charge in [0.1, 0.15) is 5.69 Å². The second-order valence-electron chi connectivity index (χ2n) is 4.58. The second-order valence-corrected chi connectivity index (χ2v) is 4.58. The Balaban J connectivity index is 3.74. The molecule has 16 heavy (non-hydrogen) atoms. The summed E-state index contributed by atoms with van der Waals surface area (Å²) in [6.07, 6.45) is 0. The number of carbonyl (C=O) groups excluding carboxylic acids is 1. The van der Waals surface area contributed by atoms with Crippen LogP contribution in [0.4, 0.5) is 0 Å². The molecule has 0 spiro atoms. The number of hydrogen-bond acceptors (Lipinski definition) is 3. The predicted octanol–water partition coefficient (Wildman–Crippen LogP) is -0.599. The van der Waals surface area contributed by atoms with Crippen LogP contribution in [0.2, 0.25) is 0 Å². The molecule has 1 rings (SSSR count). The van der Waals surface area contributed by atoms with Gasteiger partial charge in [0, 0.05) is 18.7 Å². The maximum atomic E-state index is 11.9. The normalized spacial score (nSPS) is 11.5. The van der Waals surface area contributed by atoms with E-state index in [1.165, 1.54) is 7.05 Å². The molecule has 6 heteroatoms. The third-order valence-corrected chi connectivity index (χ3v) is 2.24. The Labute approximate surface area is 92.3 Å². The first-order valence-corrected chi connectivity index (χ1v) is 4.79. The van der Waals surface area contributed by atoms with E-state index in [-0.39, 0.29) is 5.69 Å². The van der Waals surface area contributed by atoms with Gasteiger partial charge in [0.25, 0.3) is 11.5 Å². The van der Waals surface area contributed by atoms with Gasteiger partial charge >= 0.3 is 5.69 Å². The highest BCUT2D eigenvalue weighted by molar-refractivity contribution is 5.90. The molecular formula is C10H15N3O3. The Morgan fingerprint density at radius 2 is 1.81 bits per heavy atom. The Hall–Kier alpha value is -1.85. The van der Waals surface area contributed by atoms with E-state index >= 15 is 0 Å². The summed E-state index contributed by atoms with van der Waals surface area (Å²) in [5.74, 6) is -0.794. The summed E-state index contributed by atoms with van der Waals surface area (Å²) < 4.78 is 2.16. The number of hydrogen-bond donors (Lipinski definition) is 1. The van der Waals surface area contributed by atoms with E-state index in [0.717, 1.165) is 15.2 Å². The largest absolute Gasteiger partial charge is 0.364 e. The third kappa shape index (κ3) is 1.91. The monoisotopic (exact) mass is 225 g/mol. The highest BCUT2D eigenvalue weighted by Crippen LogP contribution is 2.07. The van der Waals surface area contributed by atoms with Gasteiger partial charge in [0.2, 0.25) is 0 Å². The van der Waals surface area contributed by atoms with Gasteiger partial charge in [0.15, 0.2) is 0 Å².